The van der Waals surface area contributed by atoms with Crippen molar-refractivity contribution in [1.29, 1.82) is 0 Å². The van der Waals surface area contributed by atoms with E-state index >= 15 is 0 Å². The summed E-state index contributed by atoms with van der Waals surface area (Å²) in [6.07, 6.45) is 0.814. The van der Waals surface area contributed by atoms with E-state index < -0.39 is 15.9 Å². The lowest BCUT2D eigenvalue weighted by Gasteiger charge is -2.19. The molecule has 19 heavy (non-hydrogen) atoms. The molecule has 2 fully saturated rings. The Bertz CT molecular complexity index is 486. The number of hydrogen-bond donors (Lipinski definition) is 1. The number of imide groups is 1. The highest BCUT2D eigenvalue weighted by Gasteiger charge is 2.40. The van der Waals surface area contributed by atoms with Gasteiger partial charge in [-0.15, -0.1) is 0 Å². The fraction of sp³-hybridized carbons (Fsp3) is 0.833. The van der Waals surface area contributed by atoms with Crippen molar-refractivity contribution >= 4 is 21.7 Å². The van der Waals surface area contributed by atoms with Crippen molar-refractivity contribution < 1.29 is 18.0 Å². The second-order valence-corrected chi connectivity index (χ2v) is 7.86. The first-order chi connectivity index (χ1) is 8.80. The van der Waals surface area contributed by atoms with Gasteiger partial charge in [0, 0.05) is 6.04 Å². The van der Waals surface area contributed by atoms with Crippen LogP contribution in [0.1, 0.15) is 26.7 Å². The SMILES string of the molecule is CC(C)N1C(=O)CC(NCC2CCS(=O)(=O)C2)C1=O. The first-order valence-corrected chi connectivity index (χ1v) is 8.42. The predicted octanol–water partition coefficient (Wildman–Crippen LogP) is -0.453. The number of nitrogens with one attached hydrogen (secondary N) is 1. The van der Waals surface area contributed by atoms with Gasteiger partial charge in [-0.05, 0) is 32.7 Å². The van der Waals surface area contributed by atoms with E-state index in [1.54, 1.807) is 0 Å². The molecule has 2 amide bonds. The summed E-state index contributed by atoms with van der Waals surface area (Å²) in [5.41, 5.74) is 0. The molecule has 2 saturated heterocycles. The summed E-state index contributed by atoms with van der Waals surface area (Å²) < 4.78 is 22.7. The van der Waals surface area contributed by atoms with E-state index in [0.29, 0.717) is 13.0 Å². The highest BCUT2D eigenvalue weighted by molar-refractivity contribution is 7.91. The standard InChI is InChI=1S/C12H20N2O4S/c1-8(2)14-11(15)5-10(12(14)16)13-6-9-3-4-19(17,18)7-9/h8-10,13H,3-7H2,1-2H3. The first kappa shape index (κ1) is 14.5. The molecule has 0 bridgehead atoms. The number of nitrogens with zero attached hydrogens (tertiary/aromatic N) is 1. The number of carbonyl (C=O) groups is 2. The van der Waals surface area contributed by atoms with Crippen LogP contribution in [0.5, 0.6) is 0 Å². The second kappa shape index (κ2) is 5.20. The fourth-order valence-electron chi connectivity index (χ4n) is 2.69. The van der Waals surface area contributed by atoms with Gasteiger partial charge in [0.25, 0.3) is 0 Å². The maximum atomic E-state index is 12.0. The molecular formula is C12H20N2O4S. The number of hydrogen-bond acceptors (Lipinski definition) is 5. The maximum absolute atomic E-state index is 12.0. The normalized spacial score (nSPS) is 30.6. The van der Waals surface area contributed by atoms with Crippen molar-refractivity contribution in [2.75, 3.05) is 18.1 Å². The van der Waals surface area contributed by atoms with Gasteiger partial charge < -0.3 is 5.32 Å². The summed E-state index contributed by atoms with van der Waals surface area (Å²) in [5.74, 6) is 0.121. The topological polar surface area (TPSA) is 83.6 Å². The van der Waals surface area contributed by atoms with Crippen LogP contribution in [0.2, 0.25) is 0 Å². The molecule has 2 aliphatic heterocycles. The van der Waals surface area contributed by atoms with Crippen LogP contribution in [-0.2, 0) is 19.4 Å². The van der Waals surface area contributed by atoms with Gasteiger partial charge in [-0.1, -0.05) is 0 Å². The zero-order valence-corrected chi connectivity index (χ0v) is 12.1. The minimum atomic E-state index is -2.89. The lowest BCUT2D eigenvalue weighted by atomic mass is 10.1. The quantitative estimate of drug-likeness (QED) is 0.708. The minimum Gasteiger partial charge on any atom is -0.305 e. The van der Waals surface area contributed by atoms with Crippen molar-refractivity contribution in [3.63, 3.8) is 0 Å². The molecule has 0 saturated carbocycles. The van der Waals surface area contributed by atoms with E-state index in [4.69, 9.17) is 0 Å². The van der Waals surface area contributed by atoms with E-state index in [0.717, 1.165) is 0 Å². The van der Waals surface area contributed by atoms with Crippen molar-refractivity contribution in [1.82, 2.24) is 10.2 Å². The first-order valence-electron chi connectivity index (χ1n) is 6.60. The van der Waals surface area contributed by atoms with Gasteiger partial charge in [0.2, 0.25) is 11.8 Å². The Kier molecular flexibility index (Phi) is 3.96. The summed E-state index contributed by atoms with van der Waals surface area (Å²) in [7, 11) is -2.89. The molecule has 0 radical (unpaired) electrons. The number of rotatable bonds is 4. The van der Waals surface area contributed by atoms with Crippen LogP contribution in [0.3, 0.4) is 0 Å². The van der Waals surface area contributed by atoms with Gasteiger partial charge in [0.05, 0.1) is 24.0 Å². The lowest BCUT2D eigenvalue weighted by Crippen LogP contribution is -2.43. The average Bonchev–Trinajstić information content (AvgIpc) is 2.76. The smallest absolute Gasteiger partial charge is 0.247 e. The molecule has 0 aliphatic carbocycles. The van der Waals surface area contributed by atoms with Gasteiger partial charge in [0.1, 0.15) is 0 Å². The molecule has 2 unspecified atom stereocenters. The molecule has 2 aliphatic rings. The van der Waals surface area contributed by atoms with Crippen molar-refractivity contribution in [3.8, 4) is 0 Å². The fourth-order valence-corrected chi connectivity index (χ4v) is 4.56. The van der Waals surface area contributed by atoms with Crippen LogP contribution in [-0.4, -0.2) is 55.3 Å². The van der Waals surface area contributed by atoms with E-state index in [2.05, 4.69) is 5.32 Å². The molecule has 0 spiro atoms. The molecular weight excluding hydrogens is 268 g/mol. The molecule has 0 aromatic carbocycles. The zero-order chi connectivity index (χ0) is 14.2. The monoisotopic (exact) mass is 288 g/mol. The van der Waals surface area contributed by atoms with Gasteiger partial charge >= 0.3 is 0 Å². The third kappa shape index (κ3) is 3.14. The highest BCUT2D eigenvalue weighted by Crippen LogP contribution is 2.20. The van der Waals surface area contributed by atoms with Crippen LogP contribution in [0.15, 0.2) is 0 Å². The maximum Gasteiger partial charge on any atom is 0.247 e. The van der Waals surface area contributed by atoms with Crippen molar-refractivity contribution in [2.24, 2.45) is 5.92 Å². The summed E-state index contributed by atoms with van der Waals surface area (Å²) in [6, 6.07) is -0.614. The molecule has 2 rings (SSSR count). The average molecular weight is 288 g/mol. The van der Waals surface area contributed by atoms with E-state index in [9.17, 15) is 18.0 Å². The molecule has 1 N–H and O–H groups in total. The Labute approximate surface area is 113 Å². The zero-order valence-electron chi connectivity index (χ0n) is 11.3. The Balaban J connectivity index is 1.88. The van der Waals surface area contributed by atoms with E-state index in [1.807, 2.05) is 13.8 Å². The second-order valence-electron chi connectivity index (χ2n) is 5.63. The van der Waals surface area contributed by atoms with Crippen LogP contribution < -0.4 is 5.32 Å². The molecule has 0 aromatic rings. The van der Waals surface area contributed by atoms with Gasteiger partial charge in [-0.25, -0.2) is 8.42 Å². The molecule has 2 heterocycles. The Morgan fingerprint density at radius 1 is 1.37 bits per heavy atom. The van der Waals surface area contributed by atoms with Crippen LogP contribution in [0.4, 0.5) is 0 Å². The predicted molar refractivity (Wildman–Crippen MR) is 70.2 cm³/mol. The lowest BCUT2D eigenvalue weighted by molar-refractivity contribution is -0.140. The Morgan fingerprint density at radius 2 is 2.05 bits per heavy atom. The minimum absolute atomic E-state index is 0.0565. The van der Waals surface area contributed by atoms with Crippen LogP contribution in [0, 0.1) is 5.92 Å². The number of carbonyl (C=O) groups excluding carboxylic acids is 2. The van der Waals surface area contributed by atoms with Gasteiger partial charge in [0.15, 0.2) is 9.84 Å². The van der Waals surface area contributed by atoms with Gasteiger partial charge in [-0.2, -0.15) is 0 Å². The summed E-state index contributed by atoms with van der Waals surface area (Å²) in [6.45, 7) is 4.10. The Morgan fingerprint density at radius 3 is 2.53 bits per heavy atom. The molecule has 7 heteroatoms. The van der Waals surface area contributed by atoms with Crippen LogP contribution in [0.25, 0.3) is 0 Å². The molecule has 0 aromatic heterocycles. The number of amides is 2. The van der Waals surface area contributed by atoms with E-state index in [1.165, 1.54) is 4.90 Å². The Hall–Kier alpha value is -0.950. The molecule has 2 atom stereocenters. The number of sulfone groups is 1. The molecule has 6 nitrogen and oxygen atoms in total. The summed E-state index contributed by atoms with van der Waals surface area (Å²) >= 11 is 0. The van der Waals surface area contributed by atoms with Crippen molar-refractivity contribution in [3.05, 3.63) is 0 Å². The third-order valence-electron chi connectivity index (χ3n) is 3.68. The molecule has 108 valence electrons. The highest BCUT2D eigenvalue weighted by atomic mass is 32.2. The number of likely N-dealkylation sites (tertiary alicyclic amines) is 1. The van der Waals surface area contributed by atoms with Crippen molar-refractivity contribution in [2.45, 2.75) is 38.8 Å². The van der Waals surface area contributed by atoms with E-state index in [-0.39, 0.29) is 41.7 Å². The third-order valence-corrected chi connectivity index (χ3v) is 5.52. The van der Waals surface area contributed by atoms with Gasteiger partial charge in [-0.3, -0.25) is 14.5 Å². The van der Waals surface area contributed by atoms with Crippen LogP contribution >= 0.6 is 0 Å². The largest absolute Gasteiger partial charge is 0.305 e. The summed E-state index contributed by atoms with van der Waals surface area (Å²) in [5, 5.41) is 3.05. The summed E-state index contributed by atoms with van der Waals surface area (Å²) in [4.78, 5) is 25.0.